The molecule has 0 saturated heterocycles. The summed E-state index contributed by atoms with van der Waals surface area (Å²) in [7, 11) is -10.4. The predicted molar refractivity (Wildman–Crippen MR) is 118 cm³/mol. The molecule has 222 valence electrons. The number of ketones is 2. The molecule has 2 aromatic carbocycles. The van der Waals surface area contributed by atoms with Gasteiger partial charge in [-0.2, -0.15) is 35.1 Å². The topological polar surface area (TPSA) is 149 Å². The summed E-state index contributed by atoms with van der Waals surface area (Å²) >= 11 is 0. The molecule has 0 aliphatic carbocycles. The molecule has 20 heteroatoms. The summed E-state index contributed by atoms with van der Waals surface area (Å²) in [5.74, 6) is -28.6. The molecule has 2 unspecified atom stereocenters. The normalized spacial score (nSPS) is 14.7. The molecular weight excluding hydrogens is 654 g/mol. The molecule has 2 aromatic rings. The number of hydrogen-bond acceptors (Lipinski definition) is 8. The maximum atomic E-state index is 14.6. The molecule has 0 saturated carbocycles. The van der Waals surface area contributed by atoms with Gasteiger partial charge in [0.1, 0.15) is 30.7 Å². The molecule has 0 spiro atoms. The minimum absolute atomic E-state index is 0. The maximum Gasteiger partial charge on any atom is 1.00 e. The van der Waals surface area contributed by atoms with Crippen molar-refractivity contribution in [3.63, 3.8) is 0 Å². The van der Waals surface area contributed by atoms with Crippen LogP contribution in [0.15, 0.2) is 48.5 Å². The molecule has 8 nitrogen and oxygen atoms in total. The van der Waals surface area contributed by atoms with E-state index in [2.05, 4.69) is 0 Å². The number of carbonyl (C=O) groups excluding carboxylic acids is 2. The Bertz CT molecular complexity index is 1400. The molecule has 0 aromatic heterocycles. The van der Waals surface area contributed by atoms with Gasteiger partial charge >= 0.3 is 82.8 Å². The van der Waals surface area contributed by atoms with Crippen LogP contribution >= 0.6 is 0 Å². The maximum absolute atomic E-state index is 14.6. The first-order chi connectivity index (χ1) is 17.8. The van der Waals surface area contributed by atoms with Gasteiger partial charge < -0.3 is 9.11 Å². The van der Waals surface area contributed by atoms with Gasteiger partial charge in [-0.05, 0) is 13.8 Å². The van der Waals surface area contributed by atoms with Crippen molar-refractivity contribution in [3.8, 4) is 0 Å². The zero-order valence-electron chi connectivity index (χ0n) is 21.9. The first-order valence-corrected chi connectivity index (χ1v) is 13.5. The van der Waals surface area contributed by atoms with Gasteiger partial charge in [-0.3, -0.25) is 9.59 Å². The van der Waals surface area contributed by atoms with Crippen LogP contribution in [0.1, 0.15) is 45.7 Å². The van der Waals surface area contributed by atoms with Crippen molar-refractivity contribution in [2.45, 2.75) is 48.0 Å². The third-order valence-electron chi connectivity index (χ3n) is 5.85. The van der Waals surface area contributed by atoms with Crippen molar-refractivity contribution in [1.29, 1.82) is 0 Å². The van der Waals surface area contributed by atoms with Crippen molar-refractivity contribution >= 4 is 31.8 Å². The van der Waals surface area contributed by atoms with E-state index >= 15 is 0 Å². The Labute approximate surface area is 278 Å². The quantitative estimate of drug-likeness (QED) is 0.116. The molecule has 0 aliphatic heterocycles. The largest absolute Gasteiger partial charge is 1.00 e. The van der Waals surface area contributed by atoms with E-state index in [0.29, 0.717) is 38.1 Å². The first kappa shape index (κ1) is 41.0. The minimum atomic E-state index is -6.82. The summed E-state index contributed by atoms with van der Waals surface area (Å²) < 4.78 is 182. The van der Waals surface area contributed by atoms with Crippen LogP contribution in [0.3, 0.4) is 0 Å². The zero-order valence-corrected chi connectivity index (χ0v) is 27.5. The summed E-state index contributed by atoms with van der Waals surface area (Å²) in [6.07, 6.45) is 0. The number of hydrogen-bond donors (Lipinski definition) is 0. The summed E-state index contributed by atoms with van der Waals surface area (Å²) in [6, 6.07) is 1.13. The average molecular weight is 670 g/mol. The van der Waals surface area contributed by atoms with Gasteiger partial charge in [0.25, 0.3) is 0 Å². The van der Waals surface area contributed by atoms with E-state index in [4.69, 9.17) is 0 Å². The van der Waals surface area contributed by atoms with E-state index in [1.807, 2.05) is 0 Å². The fourth-order valence-electron chi connectivity index (χ4n) is 3.18. The van der Waals surface area contributed by atoms with E-state index in [1.54, 1.807) is 0 Å². The molecule has 2 rings (SSSR count). The van der Waals surface area contributed by atoms with Gasteiger partial charge in [-0.15, -0.1) is 0 Å². The molecule has 0 heterocycles. The Hall–Kier alpha value is -0.960. The van der Waals surface area contributed by atoms with E-state index in [1.165, 1.54) is 0 Å². The third-order valence-corrected chi connectivity index (χ3v) is 8.01. The number of halogens is 8. The Morgan fingerprint density at radius 2 is 0.786 bits per heavy atom. The molecule has 0 amide bonds. The van der Waals surface area contributed by atoms with E-state index < -0.39 is 88.2 Å². The Balaban J connectivity index is 0.00000840. The van der Waals surface area contributed by atoms with Crippen LogP contribution in [-0.2, 0) is 32.1 Å². The van der Waals surface area contributed by atoms with Gasteiger partial charge in [-0.1, -0.05) is 48.5 Å². The molecule has 0 radical (unpaired) electrons. The van der Waals surface area contributed by atoms with Crippen LogP contribution in [0.4, 0.5) is 35.1 Å². The van der Waals surface area contributed by atoms with Gasteiger partial charge in [0.05, 0.1) is 0 Å². The van der Waals surface area contributed by atoms with Crippen molar-refractivity contribution in [1.82, 2.24) is 0 Å². The molecule has 0 N–H and O–H groups in total. The van der Waals surface area contributed by atoms with E-state index in [-0.39, 0.29) is 83.4 Å². The monoisotopic (exact) mass is 670 g/mol. The predicted octanol–water partition coefficient (Wildman–Crippen LogP) is -1.92. The second kappa shape index (κ2) is 13.6. The van der Waals surface area contributed by atoms with Crippen LogP contribution in [0.25, 0.3) is 0 Å². The Morgan fingerprint density at radius 1 is 0.571 bits per heavy atom. The zero-order chi connectivity index (χ0) is 31.3. The van der Waals surface area contributed by atoms with Crippen molar-refractivity contribution in [2.24, 2.45) is 0 Å². The van der Waals surface area contributed by atoms with E-state index in [9.17, 15) is 70.7 Å². The van der Waals surface area contributed by atoms with Crippen LogP contribution in [0.2, 0.25) is 0 Å². The minimum Gasteiger partial charge on any atom is -0.747 e. The molecule has 42 heavy (non-hydrogen) atoms. The van der Waals surface area contributed by atoms with Crippen molar-refractivity contribution in [2.75, 3.05) is 0 Å². The summed E-state index contributed by atoms with van der Waals surface area (Å²) in [5, 5.41) is -4.45. The number of rotatable bonds is 11. The standard InChI is InChI=1S/C22H18F8O8S2.2Na/c1-11(39(33,34)35)17(31)13-3-7-15(8-4-13)19(23,24)21(27,28)22(29,30)20(25,26)16-9-5-14(6-10-16)18(32)12(2)40(36,37)38;;/h3-12H,1-2H3,(H,33,34,35)(H,36,37,38);;/q;2*+1/p-2. The second-order valence-corrected chi connectivity index (χ2v) is 11.8. The summed E-state index contributed by atoms with van der Waals surface area (Å²) in [5.41, 5.74) is -5.48. The van der Waals surface area contributed by atoms with Gasteiger partial charge in [0, 0.05) is 22.3 Å². The fraction of sp³-hybridized carbons (Fsp3) is 0.364. The van der Waals surface area contributed by atoms with Gasteiger partial charge in [0.2, 0.25) is 0 Å². The van der Waals surface area contributed by atoms with Crippen molar-refractivity contribution < 1.29 is 130 Å². The molecule has 0 fully saturated rings. The van der Waals surface area contributed by atoms with Crippen LogP contribution < -0.4 is 59.1 Å². The van der Waals surface area contributed by atoms with Crippen molar-refractivity contribution in [3.05, 3.63) is 70.8 Å². The molecule has 0 bridgehead atoms. The third kappa shape index (κ3) is 7.63. The number of alkyl halides is 8. The molecule has 0 aliphatic rings. The smallest absolute Gasteiger partial charge is 0.747 e. The van der Waals surface area contributed by atoms with Crippen LogP contribution in [0, 0.1) is 0 Å². The molecule has 2 atom stereocenters. The number of carbonyl (C=O) groups is 2. The van der Waals surface area contributed by atoms with Crippen LogP contribution in [0.5, 0.6) is 0 Å². The van der Waals surface area contributed by atoms with Gasteiger partial charge in [-0.25, -0.2) is 16.8 Å². The SMILES string of the molecule is CC(C(=O)c1ccc(C(F)(F)C(F)(F)C(F)(F)C(F)(F)c2ccc(C(=O)C(C)S(=O)(=O)[O-])cc2)cc1)S(=O)(=O)[O-].[Na+].[Na+]. The number of benzene rings is 2. The van der Waals surface area contributed by atoms with E-state index in [0.717, 1.165) is 0 Å². The average Bonchev–Trinajstić information content (AvgIpc) is 2.85. The fourth-order valence-corrected chi connectivity index (χ4v) is 3.97. The van der Waals surface area contributed by atoms with Crippen LogP contribution in [-0.4, -0.2) is 59.9 Å². The summed E-state index contributed by atoms with van der Waals surface area (Å²) in [6.45, 7) is 1.28. The second-order valence-electron chi connectivity index (χ2n) is 8.45. The summed E-state index contributed by atoms with van der Waals surface area (Å²) in [4.78, 5) is 23.9. The Kier molecular flexibility index (Phi) is 13.3. The number of Topliss-reactive ketones (excluding diaryl/α,β-unsaturated/α-hetero) is 2. The Morgan fingerprint density at radius 3 is 0.976 bits per heavy atom. The van der Waals surface area contributed by atoms with Gasteiger partial charge in [0.15, 0.2) is 11.6 Å². The first-order valence-electron chi connectivity index (χ1n) is 10.5. The molecular formula is C22H16F8Na2O8S2.